The van der Waals surface area contributed by atoms with E-state index in [1.165, 1.54) is 26.2 Å². The number of allylic oxidation sites excluding steroid dienone is 1. The van der Waals surface area contributed by atoms with Gasteiger partial charge in [-0.05, 0) is 26.2 Å². The molecule has 1 radical (unpaired) electrons. The van der Waals surface area contributed by atoms with Gasteiger partial charge in [-0.2, -0.15) is 0 Å². The zero-order chi connectivity index (χ0) is 13.8. The predicted molar refractivity (Wildman–Crippen MR) is 77.6 cm³/mol. The number of ether oxygens (including phenoxy) is 1. The zero-order valence-electron chi connectivity index (χ0n) is 12.3. The average Bonchev–Trinajstić information content (AvgIpc) is 2.32. The number of nitrogens with two attached hydrogens (primary N) is 1. The fourth-order valence-electron chi connectivity index (χ4n) is 1.52. The summed E-state index contributed by atoms with van der Waals surface area (Å²) >= 11 is 0. The maximum atomic E-state index is 11.2. The van der Waals surface area contributed by atoms with E-state index in [1.54, 1.807) is 0 Å². The summed E-state index contributed by atoms with van der Waals surface area (Å²) in [5.74, 6) is -1.12. The quantitative estimate of drug-likeness (QED) is 0.219. The number of hydrogen-bond acceptors (Lipinski definition) is 4. The first-order valence-electron chi connectivity index (χ1n) is 6.69. The van der Waals surface area contributed by atoms with Crippen molar-refractivity contribution in [2.45, 2.75) is 64.3 Å². The summed E-state index contributed by atoms with van der Waals surface area (Å²) in [4.78, 5) is 22.2. The Hall–Kier alpha value is -0.160. The summed E-state index contributed by atoms with van der Waals surface area (Å²) in [5.41, 5.74) is 5.28. The van der Waals surface area contributed by atoms with Gasteiger partial charge in [-0.15, -0.1) is 6.58 Å². The van der Waals surface area contributed by atoms with Crippen LogP contribution in [0.25, 0.3) is 0 Å². The Morgan fingerprint density at radius 3 is 2.21 bits per heavy atom. The van der Waals surface area contributed by atoms with Crippen molar-refractivity contribution in [1.29, 1.82) is 0 Å². The molecule has 19 heavy (non-hydrogen) atoms. The van der Waals surface area contributed by atoms with Gasteiger partial charge >= 0.3 is 11.9 Å². The molecule has 0 saturated heterocycles. The molecule has 5 heteroatoms. The van der Waals surface area contributed by atoms with Gasteiger partial charge < -0.3 is 10.5 Å². The number of esters is 2. The first kappa shape index (κ1) is 21.1. The summed E-state index contributed by atoms with van der Waals surface area (Å²) in [5, 5.41) is 0. The third-order valence-electron chi connectivity index (χ3n) is 2.63. The van der Waals surface area contributed by atoms with Crippen LogP contribution in [0.4, 0.5) is 0 Å². The van der Waals surface area contributed by atoms with Crippen molar-refractivity contribution >= 4 is 41.5 Å². The Kier molecular flexibility index (Phi) is 15.9. The molecule has 0 aliphatic heterocycles. The van der Waals surface area contributed by atoms with Crippen molar-refractivity contribution in [2.24, 2.45) is 5.73 Å². The molecule has 0 rings (SSSR count). The van der Waals surface area contributed by atoms with Crippen LogP contribution < -0.4 is 5.73 Å². The van der Waals surface area contributed by atoms with Crippen LogP contribution in [0.3, 0.4) is 0 Å². The van der Waals surface area contributed by atoms with Crippen LogP contribution in [0.15, 0.2) is 12.7 Å². The van der Waals surface area contributed by atoms with Crippen LogP contribution in [0.1, 0.15) is 58.3 Å². The standard InChI is InChI=1S/C14H25NO3.Na/c1-3-4-5-6-7-8-9-10-11-13(16)18-14(17)12(2)15;/h3,12H,1,4-11,15H2,2H3;/t12-;/m0./s1. The molecule has 0 aliphatic rings. The van der Waals surface area contributed by atoms with Gasteiger partial charge in [0.25, 0.3) is 0 Å². The van der Waals surface area contributed by atoms with Crippen molar-refractivity contribution < 1.29 is 14.3 Å². The maximum Gasteiger partial charge on any atom is 0.330 e. The fraction of sp³-hybridized carbons (Fsp3) is 0.714. The number of rotatable bonds is 10. The van der Waals surface area contributed by atoms with Crippen LogP contribution >= 0.6 is 0 Å². The smallest absolute Gasteiger partial charge is 0.330 e. The van der Waals surface area contributed by atoms with Crippen molar-refractivity contribution in [3.8, 4) is 0 Å². The molecule has 0 aromatic heterocycles. The molecular formula is C14H25NNaO3. The van der Waals surface area contributed by atoms with Crippen LogP contribution in [0.5, 0.6) is 0 Å². The molecule has 2 N–H and O–H groups in total. The molecule has 0 bridgehead atoms. The molecule has 0 aromatic carbocycles. The van der Waals surface area contributed by atoms with E-state index < -0.39 is 18.0 Å². The molecule has 0 aromatic rings. The fourth-order valence-corrected chi connectivity index (χ4v) is 1.52. The topological polar surface area (TPSA) is 69.4 Å². The van der Waals surface area contributed by atoms with E-state index in [0.717, 1.165) is 25.7 Å². The minimum absolute atomic E-state index is 0. The van der Waals surface area contributed by atoms with Crippen LogP contribution in [0.2, 0.25) is 0 Å². The van der Waals surface area contributed by atoms with Gasteiger partial charge in [0.1, 0.15) is 6.04 Å². The molecule has 0 aliphatic carbocycles. The Morgan fingerprint density at radius 2 is 1.68 bits per heavy atom. The molecular weight excluding hydrogens is 253 g/mol. The van der Waals surface area contributed by atoms with Gasteiger partial charge in [-0.1, -0.05) is 31.8 Å². The zero-order valence-corrected chi connectivity index (χ0v) is 14.3. The number of carbonyl (C=O) groups is 2. The van der Waals surface area contributed by atoms with E-state index in [0.29, 0.717) is 6.42 Å². The van der Waals surface area contributed by atoms with Gasteiger partial charge in [-0.25, -0.2) is 4.79 Å². The molecule has 4 nitrogen and oxygen atoms in total. The third-order valence-corrected chi connectivity index (χ3v) is 2.63. The minimum Gasteiger partial charge on any atom is -0.392 e. The molecule has 0 spiro atoms. The summed E-state index contributed by atoms with van der Waals surface area (Å²) < 4.78 is 4.56. The molecule has 0 unspecified atom stereocenters. The van der Waals surface area contributed by atoms with E-state index in [4.69, 9.17) is 5.73 Å². The Balaban J connectivity index is 0. The Bertz CT molecular complexity index is 267. The predicted octanol–water partition coefficient (Wildman–Crippen LogP) is 2.33. The monoisotopic (exact) mass is 278 g/mol. The first-order valence-corrected chi connectivity index (χ1v) is 6.69. The van der Waals surface area contributed by atoms with Crippen molar-refractivity contribution in [3.63, 3.8) is 0 Å². The molecule has 105 valence electrons. The molecule has 0 saturated carbocycles. The van der Waals surface area contributed by atoms with Crippen LogP contribution in [0, 0.1) is 0 Å². The maximum absolute atomic E-state index is 11.2. The number of unbranched alkanes of at least 4 members (excludes halogenated alkanes) is 6. The van der Waals surface area contributed by atoms with Gasteiger partial charge in [0.2, 0.25) is 0 Å². The normalized spacial score (nSPS) is 11.3. The van der Waals surface area contributed by atoms with Crippen molar-refractivity contribution in [3.05, 3.63) is 12.7 Å². The van der Waals surface area contributed by atoms with Crippen molar-refractivity contribution in [2.75, 3.05) is 0 Å². The average molecular weight is 278 g/mol. The third kappa shape index (κ3) is 14.1. The van der Waals surface area contributed by atoms with Gasteiger partial charge in [0, 0.05) is 36.0 Å². The SMILES string of the molecule is C=CCCCCCCCCC(=O)OC(=O)[C@H](C)N.[Na]. The Morgan fingerprint density at radius 1 is 1.16 bits per heavy atom. The van der Waals surface area contributed by atoms with Gasteiger partial charge in [0.15, 0.2) is 0 Å². The molecule has 0 amide bonds. The summed E-state index contributed by atoms with van der Waals surface area (Å²) in [7, 11) is 0. The van der Waals surface area contributed by atoms with Gasteiger partial charge in [0.05, 0.1) is 0 Å². The van der Waals surface area contributed by atoms with Crippen molar-refractivity contribution in [1.82, 2.24) is 0 Å². The summed E-state index contributed by atoms with van der Waals surface area (Å²) in [6, 6.07) is -0.737. The molecule has 0 heterocycles. The second kappa shape index (κ2) is 14.3. The second-order valence-corrected chi connectivity index (χ2v) is 4.53. The van der Waals surface area contributed by atoms with Crippen LogP contribution in [-0.2, 0) is 14.3 Å². The number of carbonyl (C=O) groups excluding carboxylic acids is 2. The molecule has 1 atom stereocenters. The van der Waals surface area contributed by atoms with E-state index >= 15 is 0 Å². The first-order chi connectivity index (χ1) is 8.57. The molecule has 0 fully saturated rings. The van der Waals surface area contributed by atoms with E-state index in [-0.39, 0.29) is 29.6 Å². The minimum atomic E-state index is -0.737. The van der Waals surface area contributed by atoms with Gasteiger partial charge in [-0.3, -0.25) is 4.79 Å². The van der Waals surface area contributed by atoms with E-state index in [2.05, 4.69) is 11.3 Å². The Labute approximate surface area is 138 Å². The van der Waals surface area contributed by atoms with Crippen LogP contribution in [-0.4, -0.2) is 47.5 Å². The number of hydrogen-bond donors (Lipinski definition) is 1. The van der Waals surface area contributed by atoms with E-state index in [1.807, 2.05) is 6.08 Å². The summed E-state index contributed by atoms with van der Waals surface area (Å²) in [6.07, 6.45) is 9.77. The second-order valence-electron chi connectivity index (χ2n) is 4.53. The summed E-state index contributed by atoms with van der Waals surface area (Å²) in [6.45, 7) is 5.17. The largest absolute Gasteiger partial charge is 0.392 e. The van der Waals surface area contributed by atoms with E-state index in [9.17, 15) is 9.59 Å².